The summed E-state index contributed by atoms with van der Waals surface area (Å²) in [4.78, 5) is 11.3. The topological polar surface area (TPSA) is 52.3 Å². The molecule has 0 fully saturated rings. The van der Waals surface area contributed by atoms with Gasteiger partial charge in [0.25, 0.3) is 0 Å². The fourth-order valence-corrected chi connectivity index (χ4v) is 1.14. The van der Waals surface area contributed by atoms with E-state index < -0.39 is 5.54 Å². The molecule has 0 rings (SSSR count). The van der Waals surface area contributed by atoms with Gasteiger partial charge in [-0.2, -0.15) is 0 Å². The van der Waals surface area contributed by atoms with E-state index in [-0.39, 0.29) is 5.97 Å². The zero-order chi connectivity index (χ0) is 9.61. The second kappa shape index (κ2) is 5.14. The number of hydrogen-bond donors (Lipinski definition) is 1. The van der Waals surface area contributed by atoms with E-state index in [4.69, 9.17) is 10.5 Å². The number of hydrogen-bond acceptors (Lipinski definition) is 3. The number of esters is 1. The van der Waals surface area contributed by atoms with Crippen LogP contribution in [0.25, 0.3) is 0 Å². The van der Waals surface area contributed by atoms with Gasteiger partial charge in [-0.1, -0.05) is 20.3 Å². The predicted octanol–water partition coefficient (Wildman–Crippen LogP) is 1.46. The zero-order valence-electron chi connectivity index (χ0n) is 8.22. The third-order valence-electron chi connectivity index (χ3n) is 2.01. The minimum atomic E-state index is -0.759. The summed E-state index contributed by atoms with van der Waals surface area (Å²) in [5, 5.41) is 0. The minimum Gasteiger partial charge on any atom is -0.465 e. The fourth-order valence-electron chi connectivity index (χ4n) is 1.14. The van der Waals surface area contributed by atoms with Crippen molar-refractivity contribution in [3.63, 3.8) is 0 Å². The molecule has 0 aliphatic rings. The van der Waals surface area contributed by atoms with Gasteiger partial charge in [0.05, 0.1) is 6.61 Å². The molecule has 3 nitrogen and oxygen atoms in total. The molecule has 0 amide bonds. The smallest absolute Gasteiger partial charge is 0.326 e. The van der Waals surface area contributed by atoms with Gasteiger partial charge in [0.15, 0.2) is 0 Å². The quantitative estimate of drug-likeness (QED) is 0.640. The highest BCUT2D eigenvalue weighted by Gasteiger charge is 2.32. The van der Waals surface area contributed by atoms with Gasteiger partial charge < -0.3 is 10.5 Å². The van der Waals surface area contributed by atoms with Gasteiger partial charge in [-0.15, -0.1) is 0 Å². The molecule has 0 aromatic rings. The van der Waals surface area contributed by atoms with Crippen LogP contribution in [-0.2, 0) is 9.53 Å². The van der Waals surface area contributed by atoms with Crippen LogP contribution < -0.4 is 5.73 Å². The maximum Gasteiger partial charge on any atom is 0.326 e. The average Bonchev–Trinajstić information content (AvgIpc) is 2.05. The summed E-state index contributed by atoms with van der Waals surface area (Å²) in [6.07, 6.45) is 2.24. The van der Waals surface area contributed by atoms with Gasteiger partial charge in [-0.25, -0.2) is 0 Å². The summed E-state index contributed by atoms with van der Waals surface area (Å²) in [6, 6.07) is 0. The van der Waals surface area contributed by atoms with E-state index >= 15 is 0 Å². The molecule has 0 heterocycles. The second-order valence-corrected chi connectivity index (χ2v) is 2.98. The number of rotatable bonds is 5. The molecule has 2 N–H and O–H groups in total. The lowest BCUT2D eigenvalue weighted by atomic mass is 9.92. The van der Waals surface area contributed by atoms with Crippen molar-refractivity contribution in [1.29, 1.82) is 0 Å². The Hall–Kier alpha value is -0.570. The van der Waals surface area contributed by atoms with Crippen molar-refractivity contribution in [1.82, 2.24) is 0 Å². The summed E-state index contributed by atoms with van der Waals surface area (Å²) >= 11 is 0. The molecule has 72 valence electrons. The number of carbonyl (C=O) groups excluding carboxylic acids is 1. The Kier molecular flexibility index (Phi) is 4.90. The molecular formula is C9H19NO2. The van der Waals surface area contributed by atoms with E-state index in [0.717, 1.165) is 6.42 Å². The van der Waals surface area contributed by atoms with Crippen LogP contribution in [0.1, 0.15) is 40.0 Å². The molecule has 0 aromatic carbocycles. The lowest BCUT2D eigenvalue weighted by molar-refractivity contribution is -0.150. The van der Waals surface area contributed by atoms with E-state index in [2.05, 4.69) is 0 Å². The first-order valence-corrected chi connectivity index (χ1v) is 4.56. The molecule has 0 spiro atoms. The SMILES string of the molecule is CCC[C@@](N)(CC)C(=O)OCC. The number of ether oxygens (including phenoxy) is 1. The van der Waals surface area contributed by atoms with Gasteiger partial charge in [0, 0.05) is 0 Å². The zero-order valence-corrected chi connectivity index (χ0v) is 8.22. The van der Waals surface area contributed by atoms with Crippen LogP contribution >= 0.6 is 0 Å². The van der Waals surface area contributed by atoms with Crippen molar-refractivity contribution in [3.05, 3.63) is 0 Å². The largest absolute Gasteiger partial charge is 0.465 e. The molecule has 0 aliphatic carbocycles. The summed E-state index contributed by atoms with van der Waals surface area (Å²) in [5.74, 6) is -0.269. The van der Waals surface area contributed by atoms with Crippen LogP contribution in [0.2, 0.25) is 0 Å². The van der Waals surface area contributed by atoms with Crippen LogP contribution in [0.3, 0.4) is 0 Å². The Balaban J connectivity index is 4.18. The maximum atomic E-state index is 11.3. The average molecular weight is 173 g/mol. The molecule has 0 radical (unpaired) electrons. The van der Waals surface area contributed by atoms with E-state index in [1.165, 1.54) is 0 Å². The first-order valence-electron chi connectivity index (χ1n) is 4.56. The maximum absolute atomic E-state index is 11.3. The summed E-state index contributed by atoms with van der Waals surface area (Å²) < 4.78 is 4.89. The Bertz CT molecular complexity index is 147. The first kappa shape index (κ1) is 11.4. The van der Waals surface area contributed by atoms with Gasteiger partial charge in [0.1, 0.15) is 5.54 Å². The van der Waals surface area contributed by atoms with Gasteiger partial charge in [-0.3, -0.25) is 4.79 Å². The summed E-state index contributed by atoms with van der Waals surface area (Å²) in [6.45, 7) is 6.12. The third-order valence-corrected chi connectivity index (χ3v) is 2.01. The van der Waals surface area contributed by atoms with Gasteiger partial charge in [-0.05, 0) is 19.8 Å². The van der Waals surface area contributed by atoms with E-state index in [1.807, 2.05) is 13.8 Å². The molecule has 0 aromatic heterocycles. The monoisotopic (exact) mass is 173 g/mol. The lowest BCUT2D eigenvalue weighted by Gasteiger charge is -2.24. The highest BCUT2D eigenvalue weighted by atomic mass is 16.5. The number of carbonyl (C=O) groups is 1. The molecule has 12 heavy (non-hydrogen) atoms. The van der Waals surface area contributed by atoms with Crippen molar-refractivity contribution in [2.24, 2.45) is 5.73 Å². The van der Waals surface area contributed by atoms with Crippen molar-refractivity contribution < 1.29 is 9.53 Å². The van der Waals surface area contributed by atoms with E-state index in [1.54, 1.807) is 6.92 Å². The summed E-state index contributed by atoms with van der Waals surface area (Å²) in [7, 11) is 0. The number of nitrogens with two attached hydrogens (primary N) is 1. The summed E-state index contributed by atoms with van der Waals surface area (Å²) in [5.41, 5.74) is 5.10. The highest BCUT2D eigenvalue weighted by Crippen LogP contribution is 2.15. The third kappa shape index (κ3) is 2.81. The van der Waals surface area contributed by atoms with Crippen molar-refractivity contribution in [2.45, 2.75) is 45.6 Å². The predicted molar refractivity (Wildman–Crippen MR) is 48.8 cm³/mol. The lowest BCUT2D eigenvalue weighted by Crippen LogP contribution is -2.48. The van der Waals surface area contributed by atoms with Gasteiger partial charge >= 0.3 is 5.97 Å². The Morgan fingerprint density at radius 3 is 2.33 bits per heavy atom. The van der Waals surface area contributed by atoms with Crippen molar-refractivity contribution in [3.8, 4) is 0 Å². The van der Waals surface area contributed by atoms with Crippen LogP contribution in [-0.4, -0.2) is 18.1 Å². The first-order chi connectivity index (χ1) is 5.60. The van der Waals surface area contributed by atoms with Crippen molar-refractivity contribution >= 4 is 5.97 Å². The molecule has 1 atom stereocenters. The van der Waals surface area contributed by atoms with Crippen molar-refractivity contribution in [2.75, 3.05) is 6.61 Å². The molecule has 0 saturated heterocycles. The molecule has 3 heteroatoms. The highest BCUT2D eigenvalue weighted by molar-refractivity contribution is 5.80. The molecular weight excluding hydrogens is 154 g/mol. The van der Waals surface area contributed by atoms with Crippen LogP contribution in [0, 0.1) is 0 Å². The standard InChI is InChI=1S/C9H19NO2/c1-4-7-9(10,5-2)8(11)12-6-3/h4-7,10H2,1-3H3/t9-/m0/s1. The minimum absolute atomic E-state index is 0.269. The normalized spacial score (nSPS) is 15.3. The molecule has 0 saturated carbocycles. The van der Waals surface area contributed by atoms with Crippen LogP contribution in [0.15, 0.2) is 0 Å². The molecule has 0 aliphatic heterocycles. The fraction of sp³-hybridized carbons (Fsp3) is 0.889. The molecule has 0 unspecified atom stereocenters. The second-order valence-electron chi connectivity index (χ2n) is 2.98. The van der Waals surface area contributed by atoms with Crippen LogP contribution in [0.4, 0.5) is 0 Å². The van der Waals surface area contributed by atoms with Gasteiger partial charge in [0.2, 0.25) is 0 Å². The Morgan fingerprint density at radius 1 is 1.42 bits per heavy atom. The Morgan fingerprint density at radius 2 is 2.00 bits per heavy atom. The molecule has 0 bridgehead atoms. The Labute approximate surface area is 74.3 Å². The van der Waals surface area contributed by atoms with E-state index in [0.29, 0.717) is 19.4 Å². The van der Waals surface area contributed by atoms with E-state index in [9.17, 15) is 4.79 Å². The van der Waals surface area contributed by atoms with Crippen LogP contribution in [0.5, 0.6) is 0 Å².